The fraction of sp³-hybridized carbons (Fsp3) is 0.222. The quantitative estimate of drug-likeness (QED) is 0.722. The molecule has 0 N–H and O–H groups in total. The highest BCUT2D eigenvalue weighted by Crippen LogP contribution is 2.32. The fourth-order valence-electron chi connectivity index (χ4n) is 2.81. The van der Waals surface area contributed by atoms with Gasteiger partial charge in [-0.1, -0.05) is 17.4 Å². The first-order chi connectivity index (χ1) is 12.1. The standard InChI is InChI=1S/C18H15FN2O3S/c1-2-21-13-5-4-12(19)9-16(13)25-18(21)20-17(22)8-11-3-6-14-15(7-11)24-10-23-14/h3-7,9H,2,8,10H2,1H3. The summed E-state index contributed by atoms with van der Waals surface area (Å²) in [6, 6.07) is 10.0. The molecule has 0 unspecified atom stereocenters. The van der Waals surface area contributed by atoms with E-state index in [0.29, 0.717) is 22.8 Å². The van der Waals surface area contributed by atoms with Gasteiger partial charge in [0.1, 0.15) is 5.82 Å². The molecule has 3 aromatic rings. The molecule has 0 atom stereocenters. The van der Waals surface area contributed by atoms with E-state index in [9.17, 15) is 9.18 Å². The number of aryl methyl sites for hydroxylation is 1. The first-order valence-electron chi connectivity index (χ1n) is 7.89. The van der Waals surface area contributed by atoms with Gasteiger partial charge in [-0.3, -0.25) is 4.79 Å². The molecule has 2 heterocycles. The second-order valence-electron chi connectivity index (χ2n) is 5.61. The number of hydrogen-bond acceptors (Lipinski definition) is 4. The molecular weight excluding hydrogens is 343 g/mol. The van der Waals surface area contributed by atoms with Crippen LogP contribution in [0.15, 0.2) is 41.4 Å². The summed E-state index contributed by atoms with van der Waals surface area (Å²) in [6.07, 6.45) is 0.170. The molecular formula is C18H15FN2O3S. The number of carbonyl (C=O) groups is 1. The minimum atomic E-state index is -0.296. The Hall–Kier alpha value is -2.67. The lowest BCUT2D eigenvalue weighted by molar-refractivity contribution is -0.117. The van der Waals surface area contributed by atoms with Gasteiger partial charge in [0.15, 0.2) is 16.3 Å². The second-order valence-corrected chi connectivity index (χ2v) is 6.62. The molecule has 7 heteroatoms. The van der Waals surface area contributed by atoms with E-state index in [1.807, 2.05) is 17.6 Å². The Morgan fingerprint density at radius 1 is 1.24 bits per heavy atom. The molecule has 1 aliphatic rings. The van der Waals surface area contributed by atoms with Crippen molar-refractivity contribution < 1.29 is 18.7 Å². The molecule has 0 aliphatic carbocycles. The Labute approximate surface area is 147 Å². The van der Waals surface area contributed by atoms with Crippen molar-refractivity contribution >= 4 is 27.5 Å². The molecule has 25 heavy (non-hydrogen) atoms. The van der Waals surface area contributed by atoms with Crippen molar-refractivity contribution in [3.63, 3.8) is 0 Å². The minimum Gasteiger partial charge on any atom is -0.454 e. The molecule has 128 valence electrons. The summed E-state index contributed by atoms with van der Waals surface area (Å²) >= 11 is 1.31. The number of amides is 1. The lowest BCUT2D eigenvalue weighted by Gasteiger charge is -2.01. The van der Waals surface area contributed by atoms with Crippen molar-refractivity contribution in [1.29, 1.82) is 0 Å². The van der Waals surface area contributed by atoms with Gasteiger partial charge in [-0.2, -0.15) is 4.99 Å². The summed E-state index contributed by atoms with van der Waals surface area (Å²) in [5.41, 5.74) is 1.69. The molecule has 0 fully saturated rings. The van der Waals surface area contributed by atoms with Crippen LogP contribution in [-0.4, -0.2) is 17.3 Å². The third kappa shape index (κ3) is 3.02. The maximum absolute atomic E-state index is 13.4. The van der Waals surface area contributed by atoms with Crippen LogP contribution in [-0.2, 0) is 17.8 Å². The van der Waals surface area contributed by atoms with E-state index in [1.54, 1.807) is 18.2 Å². The maximum Gasteiger partial charge on any atom is 0.252 e. The monoisotopic (exact) mass is 358 g/mol. The van der Waals surface area contributed by atoms with E-state index in [-0.39, 0.29) is 24.9 Å². The van der Waals surface area contributed by atoms with E-state index in [4.69, 9.17) is 9.47 Å². The van der Waals surface area contributed by atoms with Crippen LogP contribution in [0.1, 0.15) is 12.5 Å². The van der Waals surface area contributed by atoms with Crippen LogP contribution in [0.3, 0.4) is 0 Å². The summed E-state index contributed by atoms with van der Waals surface area (Å²) in [6.45, 7) is 2.82. The molecule has 2 aromatic carbocycles. The third-order valence-electron chi connectivity index (χ3n) is 3.97. The average molecular weight is 358 g/mol. The van der Waals surface area contributed by atoms with Gasteiger partial charge in [-0.15, -0.1) is 0 Å². The molecule has 5 nitrogen and oxygen atoms in total. The van der Waals surface area contributed by atoms with E-state index in [2.05, 4.69) is 4.99 Å². The Balaban J connectivity index is 1.66. The number of benzene rings is 2. The Morgan fingerprint density at radius 2 is 2.08 bits per heavy atom. The van der Waals surface area contributed by atoms with Gasteiger partial charge in [0.2, 0.25) is 6.79 Å². The predicted molar refractivity (Wildman–Crippen MR) is 92.3 cm³/mol. The van der Waals surface area contributed by atoms with Gasteiger partial charge in [-0.25, -0.2) is 4.39 Å². The lowest BCUT2D eigenvalue weighted by Crippen LogP contribution is -2.16. The van der Waals surface area contributed by atoms with Crippen LogP contribution >= 0.6 is 11.3 Å². The van der Waals surface area contributed by atoms with Crippen LogP contribution in [0, 0.1) is 5.82 Å². The number of nitrogens with zero attached hydrogens (tertiary/aromatic N) is 2. The number of hydrogen-bond donors (Lipinski definition) is 0. The van der Waals surface area contributed by atoms with Gasteiger partial charge < -0.3 is 14.0 Å². The van der Waals surface area contributed by atoms with Crippen molar-refractivity contribution in [2.75, 3.05) is 6.79 Å². The van der Waals surface area contributed by atoms with Crippen molar-refractivity contribution in [2.24, 2.45) is 4.99 Å². The summed E-state index contributed by atoms with van der Waals surface area (Å²) in [5, 5.41) is 0. The molecule has 0 radical (unpaired) electrons. The smallest absolute Gasteiger partial charge is 0.252 e. The third-order valence-corrected chi connectivity index (χ3v) is 5.01. The molecule has 0 bridgehead atoms. The largest absolute Gasteiger partial charge is 0.454 e. The predicted octanol–water partition coefficient (Wildman–Crippen LogP) is 3.26. The number of ether oxygens (including phenoxy) is 2. The summed E-state index contributed by atoms with van der Waals surface area (Å²) in [7, 11) is 0. The number of halogens is 1. The SMILES string of the molecule is CCn1c(=NC(=O)Cc2ccc3c(c2)OCO3)sc2cc(F)ccc21. The van der Waals surface area contributed by atoms with Crippen LogP contribution < -0.4 is 14.3 Å². The lowest BCUT2D eigenvalue weighted by atomic mass is 10.1. The summed E-state index contributed by atoms with van der Waals surface area (Å²) < 4.78 is 26.7. The Kier molecular flexibility index (Phi) is 4.01. The van der Waals surface area contributed by atoms with Crippen LogP contribution in [0.2, 0.25) is 0 Å². The first kappa shape index (κ1) is 15.8. The van der Waals surface area contributed by atoms with Crippen molar-refractivity contribution in [3.05, 3.63) is 52.6 Å². The first-order valence-corrected chi connectivity index (χ1v) is 8.70. The Bertz CT molecular complexity index is 1040. The van der Waals surface area contributed by atoms with E-state index in [1.165, 1.54) is 23.5 Å². The number of thiazole rings is 1. The summed E-state index contributed by atoms with van der Waals surface area (Å²) in [5.74, 6) is 0.776. The number of fused-ring (bicyclic) bond motifs is 2. The van der Waals surface area contributed by atoms with Gasteiger partial charge in [0, 0.05) is 6.54 Å². The van der Waals surface area contributed by atoms with Crippen LogP contribution in [0.4, 0.5) is 4.39 Å². The van der Waals surface area contributed by atoms with Crippen molar-refractivity contribution in [3.8, 4) is 11.5 Å². The molecule has 0 saturated heterocycles. The maximum atomic E-state index is 13.4. The average Bonchev–Trinajstić information content (AvgIpc) is 3.17. The van der Waals surface area contributed by atoms with Crippen molar-refractivity contribution in [2.45, 2.75) is 19.9 Å². The number of aromatic nitrogens is 1. The summed E-state index contributed by atoms with van der Waals surface area (Å²) in [4.78, 5) is 17.2. The van der Waals surface area contributed by atoms with E-state index in [0.717, 1.165) is 15.8 Å². The van der Waals surface area contributed by atoms with Gasteiger partial charge in [0.25, 0.3) is 5.91 Å². The van der Waals surface area contributed by atoms with E-state index >= 15 is 0 Å². The highest BCUT2D eigenvalue weighted by atomic mass is 32.1. The zero-order chi connectivity index (χ0) is 17.4. The zero-order valence-corrected chi connectivity index (χ0v) is 14.3. The number of carbonyl (C=O) groups excluding carboxylic acids is 1. The minimum absolute atomic E-state index is 0.170. The molecule has 4 rings (SSSR count). The molecule has 1 aromatic heterocycles. The van der Waals surface area contributed by atoms with Gasteiger partial charge >= 0.3 is 0 Å². The van der Waals surface area contributed by atoms with E-state index < -0.39 is 0 Å². The molecule has 0 saturated carbocycles. The zero-order valence-electron chi connectivity index (χ0n) is 13.5. The van der Waals surface area contributed by atoms with Crippen LogP contribution in [0.5, 0.6) is 11.5 Å². The number of rotatable bonds is 3. The van der Waals surface area contributed by atoms with Crippen molar-refractivity contribution in [1.82, 2.24) is 4.57 Å². The highest BCUT2D eigenvalue weighted by Gasteiger charge is 2.14. The molecule has 0 spiro atoms. The highest BCUT2D eigenvalue weighted by molar-refractivity contribution is 7.16. The molecule has 1 amide bonds. The molecule has 1 aliphatic heterocycles. The second kappa shape index (κ2) is 6.33. The van der Waals surface area contributed by atoms with Gasteiger partial charge in [0.05, 0.1) is 16.6 Å². The Morgan fingerprint density at radius 3 is 2.92 bits per heavy atom. The fourth-order valence-corrected chi connectivity index (χ4v) is 3.95. The topological polar surface area (TPSA) is 52.8 Å². The normalized spacial score (nSPS) is 13.6. The van der Waals surface area contributed by atoms with Crippen LogP contribution in [0.25, 0.3) is 10.2 Å². The van der Waals surface area contributed by atoms with Gasteiger partial charge in [-0.05, 0) is 42.8 Å².